The number of anilines is 1. The van der Waals surface area contributed by atoms with Crippen molar-refractivity contribution in [2.45, 2.75) is 20.0 Å². The number of amides is 1. The lowest BCUT2D eigenvalue weighted by Gasteiger charge is -2.10. The number of halogens is 2. The highest BCUT2D eigenvalue weighted by Gasteiger charge is 2.11. The van der Waals surface area contributed by atoms with Crippen molar-refractivity contribution in [2.24, 2.45) is 0 Å². The van der Waals surface area contributed by atoms with E-state index in [2.05, 4.69) is 20.6 Å². The van der Waals surface area contributed by atoms with Gasteiger partial charge in [0.05, 0.1) is 0 Å². The van der Waals surface area contributed by atoms with Crippen LogP contribution in [0.4, 0.5) is 10.3 Å². The molecule has 0 atom stereocenters. The van der Waals surface area contributed by atoms with Crippen molar-refractivity contribution in [1.82, 2.24) is 15.3 Å². The molecule has 5 nitrogen and oxygen atoms in total. The first-order chi connectivity index (χ1) is 13.0. The molecule has 0 unspecified atom stereocenters. The topological polar surface area (TPSA) is 66.9 Å². The molecule has 0 fully saturated rings. The van der Waals surface area contributed by atoms with Gasteiger partial charge in [0.2, 0.25) is 5.95 Å². The molecular formula is C20H18ClFN4O. The second kappa shape index (κ2) is 8.60. The van der Waals surface area contributed by atoms with Crippen molar-refractivity contribution < 1.29 is 9.18 Å². The molecule has 27 heavy (non-hydrogen) atoms. The Morgan fingerprint density at radius 3 is 2.56 bits per heavy atom. The Kier molecular flexibility index (Phi) is 5.98. The average Bonchev–Trinajstić information content (AvgIpc) is 2.66. The number of aromatic nitrogens is 2. The van der Waals surface area contributed by atoms with Gasteiger partial charge in [0, 0.05) is 23.8 Å². The third-order valence-corrected chi connectivity index (χ3v) is 4.22. The molecule has 3 rings (SSSR count). The van der Waals surface area contributed by atoms with Crippen LogP contribution in [0.25, 0.3) is 0 Å². The van der Waals surface area contributed by atoms with Crippen LogP contribution in [0.3, 0.4) is 0 Å². The number of aryl methyl sites for hydroxylation is 1. The zero-order valence-electron chi connectivity index (χ0n) is 14.7. The van der Waals surface area contributed by atoms with Gasteiger partial charge in [-0.2, -0.15) is 0 Å². The summed E-state index contributed by atoms with van der Waals surface area (Å²) in [5.41, 5.74) is 2.63. The molecule has 2 N–H and O–H groups in total. The quantitative estimate of drug-likeness (QED) is 0.671. The van der Waals surface area contributed by atoms with E-state index < -0.39 is 0 Å². The second-order valence-corrected chi connectivity index (χ2v) is 6.38. The molecule has 2 aromatic carbocycles. The first kappa shape index (κ1) is 18.8. The van der Waals surface area contributed by atoms with Crippen LogP contribution >= 0.6 is 11.6 Å². The first-order valence-corrected chi connectivity index (χ1v) is 8.74. The highest BCUT2D eigenvalue weighted by molar-refractivity contribution is 6.31. The zero-order valence-corrected chi connectivity index (χ0v) is 15.4. The van der Waals surface area contributed by atoms with Crippen LogP contribution in [0.2, 0.25) is 5.02 Å². The maximum absolute atomic E-state index is 13.0. The smallest absolute Gasteiger partial charge is 0.270 e. The van der Waals surface area contributed by atoms with Crippen LogP contribution in [-0.2, 0) is 13.1 Å². The monoisotopic (exact) mass is 384 g/mol. The molecule has 0 aliphatic rings. The molecule has 1 aromatic heterocycles. The van der Waals surface area contributed by atoms with E-state index in [9.17, 15) is 9.18 Å². The minimum absolute atomic E-state index is 0.260. The molecule has 0 radical (unpaired) electrons. The number of carbonyl (C=O) groups is 1. The van der Waals surface area contributed by atoms with Crippen molar-refractivity contribution in [1.29, 1.82) is 0 Å². The van der Waals surface area contributed by atoms with Gasteiger partial charge in [-0.25, -0.2) is 14.4 Å². The second-order valence-electron chi connectivity index (χ2n) is 5.97. The predicted octanol–water partition coefficient (Wildman–Crippen LogP) is 4.12. The van der Waals surface area contributed by atoms with Crippen molar-refractivity contribution in [3.05, 3.63) is 88.0 Å². The fourth-order valence-corrected chi connectivity index (χ4v) is 2.66. The fourth-order valence-electron chi connectivity index (χ4n) is 2.46. The first-order valence-electron chi connectivity index (χ1n) is 8.37. The van der Waals surface area contributed by atoms with E-state index in [-0.39, 0.29) is 17.4 Å². The molecule has 7 heteroatoms. The number of nitrogens with one attached hydrogen (secondary N) is 2. The Morgan fingerprint density at radius 1 is 1.07 bits per heavy atom. The van der Waals surface area contributed by atoms with Crippen LogP contribution in [0.1, 0.15) is 27.3 Å². The van der Waals surface area contributed by atoms with Crippen LogP contribution in [-0.4, -0.2) is 15.9 Å². The molecule has 1 heterocycles. The Morgan fingerprint density at radius 2 is 1.81 bits per heavy atom. The van der Waals surface area contributed by atoms with E-state index in [1.807, 2.05) is 18.2 Å². The zero-order chi connectivity index (χ0) is 19.2. The SMILES string of the molecule is Cc1cc(C(=O)NCc2ccccc2Cl)nc(NCc2ccc(F)cc2)n1. The molecule has 3 aromatic rings. The van der Waals surface area contributed by atoms with Crippen molar-refractivity contribution in [2.75, 3.05) is 5.32 Å². The largest absolute Gasteiger partial charge is 0.350 e. The van der Waals surface area contributed by atoms with Crippen molar-refractivity contribution >= 4 is 23.5 Å². The molecule has 1 amide bonds. The Balaban J connectivity index is 1.66. The lowest BCUT2D eigenvalue weighted by Crippen LogP contribution is -2.24. The number of nitrogens with zero attached hydrogens (tertiary/aromatic N) is 2. The predicted molar refractivity (Wildman–Crippen MR) is 103 cm³/mol. The normalized spacial score (nSPS) is 10.5. The van der Waals surface area contributed by atoms with Gasteiger partial charge in [0.1, 0.15) is 11.5 Å². The lowest BCUT2D eigenvalue weighted by atomic mass is 10.2. The van der Waals surface area contributed by atoms with E-state index in [1.165, 1.54) is 12.1 Å². The standard InChI is InChI=1S/C20H18ClFN4O/c1-13-10-18(19(27)23-12-15-4-2-3-5-17(15)21)26-20(25-13)24-11-14-6-8-16(22)9-7-14/h2-10H,11-12H2,1H3,(H,23,27)(H,24,25,26). The maximum Gasteiger partial charge on any atom is 0.270 e. The van der Waals surface area contributed by atoms with Gasteiger partial charge in [-0.15, -0.1) is 0 Å². The van der Waals surface area contributed by atoms with Crippen LogP contribution in [0.5, 0.6) is 0 Å². The summed E-state index contributed by atoms with van der Waals surface area (Å²) in [5, 5.41) is 6.46. The summed E-state index contributed by atoms with van der Waals surface area (Å²) in [6.07, 6.45) is 0. The lowest BCUT2D eigenvalue weighted by molar-refractivity contribution is 0.0945. The highest BCUT2D eigenvalue weighted by Crippen LogP contribution is 2.15. The van der Waals surface area contributed by atoms with Crippen LogP contribution < -0.4 is 10.6 Å². The molecule has 0 aliphatic heterocycles. The molecule has 0 bridgehead atoms. The number of carbonyl (C=O) groups excluding carboxylic acids is 1. The molecule has 0 saturated carbocycles. The van der Waals surface area contributed by atoms with E-state index in [0.29, 0.717) is 29.8 Å². The summed E-state index contributed by atoms with van der Waals surface area (Å²) in [6, 6.07) is 15.1. The molecule has 0 spiro atoms. The van der Waals surface area contributed by atoms with Crippen molar-refractivity contribution in [3.8, 4) is 0 Å². The number of rotatable bonds is 6. The summed E-state index contributed by atoms with van der Waals surface area (Å²) >= 11 is 6.10. The third kappa shape index (κ3) is 5.24. The summed E-state index contributed by atoms with van der Waals surface area (Å²) in [6.45, 7) is 2.51. The van der Waals surface area contributed by atoms with Gasteiger partial charge >= 0.3 is 0 Å². The van der Waals surface area contributed by atoms with E-state index >= 15 is 0 Å². The van der Waals surface area contributed by atoms with Crippen molar-refractivity contribution in [3.63, 3.8) is 0 Å². The molecule has 138 valence electrons. The van der Waals surface area contributed by atoms with Crippen LogP contribution in [0, 0.1) is 12.7 Å². The number of hydrogen-bond donors (Lipinski definition) is 2. The minimum atomic E-state index is -0.315. The van der Waals surface area contributed by atoms with Gasteiger partial charge < -0.3 is 10.6 Å². The highest BCUT2D eigenvalue weighted by atomic mass is 35.5. The summed E-state index contributed by atoms with van der Waals surface area (Å²) in [4.78, 5) is 21.0. The van der Waals surface area contributed by atoms with E-state index in [0.717, 1.165) is 11.1 Å². The minimum Gasteiger partial charge on any atom is -0.350 e. The van der Waals surface area contributed by atoms with Gasteiger partial charge in [-0.3, -0.25) is 4.79 Å². The van der Waals surface area contributed by atoms with Gasteiger partial charge in [0.15, 0.2) is 0 Å². The third-order valence-electron chi connectivity index (χ3n) is 3.85. The maximum atomic E-state index is 13.0. The van der Waals surface area contributed by atoms with Crippen LogP contribution in [0.15, 0.2) is 54.6 Å². The summed E-state index contributed by atoms with van der Waals surface area (Å²) < 4.78 is 13.0. The van der Waals surface area contributed by atoms with Gasteiger partial charge in [-0.1, -0.05) is 41.9 Å². The summed E-state index contributed by atoms with van der Waals surface area (Å²) in [5.74, 6) is -0.268. The van der Waals surface area contributed by atoms with Gasteiger partial charge in [-0.05, 0) is 42.3 Å². The Labute approximate surface area is 161 Å². The Hall–Kier alpha value is -2.99. The van der Waals surface area contributed by atoms with E-state index in [1.54, 1.807) is 31.2 Å². The number of benzene rings is 2. The summed E-state index contributed by atoms with van der Waals surface area (Å²) in [7, 11) is 0. The molecule has 0 saturated heterocycles. The fraction of sp³-hybridized carbons (Fsp3) is 0.150. The molecule has 0 aliphatic carbocycles. The average molecular weight is 385 g/mol. The van der Waals surface area contributed by atoms with Gasteiger partial charge in [0.25, 0.3) is 5.91 Å². The number of hydrogen-bond acceptors (Lipinski definition) is 4. The Bertz CT molecular complexity index is 947. The molecular weight excluding hydrogens is 367 g/mol. The van der Waals surface area contributed by atoms with E-state index in [4.69, 9.17) is 11.6 Å².